The molecule has 2 aromatic carbocycles. The summed E-state index contributed by atoms with van der Waals surface area (Å²) in [6, 6.07) is 20.2. The molecule has 1 saturated heterocycles. The number of hydrogen-bond acceptors (Lipinski definition) is 4. The number of piperidine rings is 1. The van der Waals surface area contributed by atoms with Crippen LogP contribution in [0, 0.1) is 5.92 Å². The standard InChI is InChI=1S/C23H23N3O2/c27-23(20-14-19(20)16-8-3-1-4-9-16)26-13-7-12-18(15-26)22-24-21(25-28-22)17-10-5-2-6-11-17/h1-6,8-11,18-20H,7,12-15H2. The molecular formula is C23H23N3O2. The predicted octanol–water partition coefficient (Wildman–Crippen LogP) is 4.25. The van der Waals surface area contributed by atoms with Gasteiger partial charge in [-0.1, -0.05) is 65.8 Å². The lowest BCUT2D eigenvalue weighted by molar-refractivity contribution is -0.134. The minimum atomic E-state index is 0.122. The Hall–Kier alpha value is -2.95. The fourth-order valence-corrected chi connectivity index (χ4v) is 4.26. The largest absolute Gasteiger partial charge is 0.342 e. The summed E-state index contributed by atoms with van der Waals surface area (Å²) in [5.41, 5.74) is 2.23. The van der Waals surface area contributed by atoms with Gasteiger partial charge >= 0.3 is 0 Å². The highest BCUT2D eigenvalue weighted by Gasteiger charge is 2.46. The van der Waals surface area contributed by atoms with Crippen molar-refractivity contribution >= 4 is 5.91 Å². The molecule has 1 aliphatic heterocycles. The van der Waals surface area contributed by atoms with Crippen molar-refractivity contribution in [2.24, 2.45) is 5.92 Å². The third-order valence-corrected chi connectivity index (χ3v) is 5.89. The molecule has 5 rings (SSSR count). The Kier molecular flexibility index (Phi) is 4.43. The molecule has 5 nitrogen and oxygen atoms in total. The van der Waals surface area contributed by atoms with Crippen molar-refractivity contribution in [2.75, 3.05) is 13.1 Å². The van der Waals surface area contributed by atoms with Crippen molar-refractivity contribution in [2.45, 2.75) is 31.1 Å². The van der Waals surface area contributed by atoms with Crippen molar-refractivity contribution in [3.05, 3.63) is 72.1 Å². The summed E-state index contributed by atoms with van der Waals surface area (Å²) in [5.74, 6) is 2.17. The van der Waals surface area contributed by atoms with Crippen LogP contribution in [-0.2, 0) is 4.79 Å². The van der Waals surface area contributed by atoms with E-state index < -0.39 is 0 Å². The number of nitrogens with zero attached hydrogens (tertiary/aromatic N) is 3. The molecule has 3 aromatic rings. The average molecular weight is 373 g/mol. The number of aromatic nitrogens is 2. The van der Waals surface area contributed by atoms with E-state index in [-0.39, 0.29) is 17.7 Å². The van der Waals surface area contributed by atoms with Crippen molar-refractivity contribution in [1.82, 2.24) is 15.0 Å². The van der Waals surface area contributed by atoms with Gasteiger partial charge in [0.15, 0.2) is 0 Å². The average Bonchev–Trinajstić information content (AvgIpc) is 3.42. The second-order valence-electron chi connectivity index (χ2n) is 7.81. The summed E-state index contributed by atoms with van der Waals surface area (Å²) in [5, 5.41) is 4.14. The minimum Gasteiger partial charge on any atom is -0.342 e. The van der Waals surface area contributed by atoms with Crippen LogP contribution in [0.2, 0.25) is 0 Å². The number of amides is 1. The SMILES string of the molecule is O=C(C1CC1c1ccccc1)N1CCCC(c2nc(-c3ccccc3)no2)C1. The summed E-state index contributed by atoms with van der Waals surface area (Å²) in [7, 11) is 0. The predicted molar refractivity (Wildman–Crippen MR) is 106 cm³/mol. The van der Waals surface area contributed by atoms with Gasteiger partial charge in [0.1, 0.15) is 0 Å². The molecule has 1 aromatic heterocycles. The smallest absolute Gasteiger partial charge is 0.231 e. The molecule has 1 amide bonds. The Balaban J connectivity index is 1.26. The normalized spacial score (nSPS) is 24.1. The maximum atomic E-state index is 13.0. The van der Waals surface area contributed by atoms with Crippen LogP contribution in [0.5, 0.6) is 0 Å². The van der Waals surface area contributed by atoms with E-state index >= 15 is 0 Å². The number of benzene rings is 2. The lowest BCUT2D eigenvalue weighted by Gasteiger charge is -2.31. The number of carbonyl (C=O) groups is 1. The van der Waals surface area contributed by atoms with Crippen LogP contribution in [0.1, 0.15) is 42.6 Å². The Morgan fingerprint density at radius 1 is 1.04 bits per heavy atom. The van der Waals surface area contributed by atoms with Crippen LogP contribution in [-0.4, -0.2) is 34.0 Å². The number of carbonyl (C=O) groups excluding carboxylic acids is 1. The first-order chi connectivity index (χ1) is 13.8. The topological polar surface area (TPSA) is 59.2 Å². The highest BCUT2D eigenvalue weighted by Crippen LogP contribution is 2.48. The van der Waals surface area contributed by atoms with Gasteiger partial charge in [0.05, 0.1) is 5.92 Å². The monoisotopic (exact) mass is 373 g/mol. The molecule has 2 heterocycles. The van der Waals surface area contributed by atoms with Gasteiger partial charge in [-0.15, -0.1) is 0 Å². The molecule has 0 radical (unpaired) electrons. The molecule has 1 saturated carbocycles. The first-order valence-corrected chi connectivity index (χ1v) is 10.0. The van der Waals surface area contributed by atoms with E-state index in [0.717, 1.165) is 31.4 Å². The van der Waals surface area contributed by atoms with Crippen molar-refractivity contribution in [1.29, 1.82) is 0 Å². The highest BCUT2D eigenvalue weighted by atomic mass is 16.5. The van der Waals surface area contributed by atoms with E-state index in [4.69, 9.17) is 4.52 Å². The van der Waals surface area contributed by atoms with Gasteiger partial charge in [-0.2, -0.15) is 4.98 Å². The van der Waals surface area contributed by atoms with Gasteiger partial charge < -0.3 is 9.42 Å². The number of hydrogen-bond donors (Lipinski definition) is 0. The van der Waals surface area contributed by atoms with Gasteiger partial charge in [-0.05, 0) is 30.7 Å². The highest BCUT2D eigenvalue weighted by molar-refractivity contribution is 5.83. The van der Waals surface area contributed by atoms with Crippen LogP contribution >= 0.6 is 0 Å². The van der Waals surface area contributed by atoms with Crippen molar-refractivity contribution in [3.8, 4) is 11.4 Å². The van der Waals surface area contributed by atoms with E-state index in [1.807, 2.05) is 53.4 Å². The van der Waals surface area contributed by atoms with E-state index in [2.05, 4.69) is 22.3 Å². The first-order valence-electron chi connectivity index (χ1n) is 10.0. The molecule has 0 spiro atoms. The minimum absolute atomic E-state index is 0.122. The second-order valence-corrected chi connectivity index (χ2v) is 7.81. The molecular weight excluding hydrogens is 350 g/mol. The van der Waals surface area contributed by atoms with Crippen molar-refractivity contribution in [3.63, 3.8) is 0 Å². The molecule has 3 unspecified atom stereocenters. The summed E-state index contributed by atoms with van der Waals surface area (Å²) >= 11 is 0. The molecule has 3 atom stereocenters. The molecule has 2 fully saturated rings. The summed E-state index contributed by atoms with van der Waals surface area (Å²) in [6.07, 6.45) is 2.91. The van der Waals surface area contributed by atoms with Gasteiger partial charge in [-0.3, -0.25) is 4.79 Å². The fourth-order valence-electron chi connectivity index (χ4n) is 4.26. The maximum absolute atomic E-state index is 13.0. The third kappa shape index (κ3) is 3.33. The molecule has 2 aliphatic rings. The lowest BCUT2D eigenvalue weighted by Crippen LogP contribution is -2.40. The second kappa shape index (κ2) is 7.23. The molecule has 1 aliphatic carbocycles. The summed E-state index contributed by atoms with van der Waals surface area (Å²) < 4.78 is 5.55. The van der Waals surface area contributed by atoms with Gasteiger partial charge in [-0.25, -0.2) is 0 Å². The zero-order valence-electron chi connectivity index (χ0n) is 15.7. The van der Waals surface area contributed by atoms with Crippen LogP contribution in [0.3, 0.4) is 0 Å². The molecule has 0 N–H and O–H groups in total. The lowest BCUT2D eigenvalue weighted by atomic mass is 9.97. The van der Waals surface area contributed by atoms with Crippen LogP contribution < -0.4 is 0 Å². The Morgan fingerprint density at radius 3 is 2.57 bits per heavy atom. The molecule has 142 valence electrons. The zero-order valence-corrected chi connectivity index (χ0v) is 15.7. The number of likely N-dealkylation sites (tertiary alicyclic amines) is 1. The molecule has 28 heavy (non-hydrogen) atoms. The summed E-state index contributed by atoms with van der Waals surface area (Å²) in [6.45, 7) is 1.50. The van der Waals surface area contributed by atoms with Crippen LogP contribution in [0.4, 0.5) is 0 Å². The Bertz CT molecular complexity index is 954. The molecule has 5 heteroatoms. The quantitative estimate of drug-likeness (QED) is 0.686. The van der Waals surface area contributed by atoms with Crippen LogP contribution in [0.15, 0.2) is 65.2 Å². The third-order valence-electron chi connectivity index (χ3n) is 5.89. The maximum Gasteiger partial charge on any atom is 0.231 e. The van der Waals surface area contributed by atoms with E-state index in [9.17, 15) is 4.79 Å². The van der Waals surface area contributed by atoms with Gasteiger partial charge in [0.25, 0.3) is 0 Å². The Morgan fingerprint density at radius 2 is 1.79 bits per heavy atom. The fraction of sp³-hybridized carbons (Fsp3) is 0.348. The zero-order chi connectivity index (χ0) is 18.9. The first kappa shape index (κ1) is 17.2. The summed E-state index contributed by atoms with van der Waals surface area (Å²) in [4.78, 5) is 19.6. The Labute approximate surface area is 164 Å². The number of rotatable bonds is 4. The van der Waals surface area contributed by atoms with E-state index in [0.29, 0.717) is 24.2 Å². The van der Waals surface area contributed by atoms with Crippen molar-refractivity contribution < 1.29 is 9.32 Å². The van der Waals surface area contributed by atoms with Gasteiger partial charge in [0.2, 0.25) is 17.6 Å². The van der Waals surface area contributed by atoms with Gasteiger partial charge in [0, 0.05) is 24.6 Å². The molecule has 0 bridgehead atoms. The van der Waals surface area contributed by atoms with Crippen LogP contribution in [0.25, 0.3) is 11.4 Å². The van der Waals surface area contributed by atoms with E-state index in [1.165, 1.54) is 5.56 Å². The van der Waals surface area contributed by atoms with E-state index in [1.54, 1.807) is 0 Å².